The molecule has 0 saturated carbocycles. The summed E-state index contributed by atoms with van der Waals surface area (Å²) < 4.78 is 60.4. The lowest BCUT2D eigenvalue weighted by molar-refractivity contribution is -0.139. The summed E-state index contributed by atoms with van der Waals surface area (Å²) in [5.74, 6) is -4.08. The molecule has 0 spiro atoms. The number of carboxylic acids is 1. The van der Waals surface area contributed by atoms with Crippen molar-refractivity contribution < 1.29 is 36.7 Å². The van der Waals surface area contributed by atoms with Gasteiger partial charge in [-0.25, -0.2) is 9.18 Å². The van der Waals surface area contributed by atoms with Crippen molar-refractivity contribution in [2.75, 3.05) is 5.75 Å². The highest BCUT2D eigenvalue weighted by Gasteiger charge is 2.33. The Balaban J connectivity index is 1.34. The fraction of sp³-hybridized carbons (Fsp3) is 0.111. The third-order valence-electron chi connectivity index (χ3n) is 7.61. The van der Waals surface area contributed by atoms with Gasteiger partial charge in [-0.05, 0) is 41.0 Å². The monoisotopic (exact) mass is 643 g/mol. The topological polar surface area (TPSA) is 79.5 Å². The predicted octanol–water partition coefficient (Wildman–Crippen LogP) is 9.12. The van der Waals surface area contributed by atoms with Gasteiger partial charge in [-0.3, -0.25) is 4.79 Å². The molecule has 0 aliphatic carbocycles. The summed E-state index contributed by atoms with van der Waals surface area (Å²) >= 11 is 1.21. The number of furan rings is 1. The number of halogens is 4. The van der Waals surface area contributed by atoms with Crippen LogP contribution in [-0.4, -0.2) is 28.8 Å². The number of nitrogens with one attached hydrogen (secondary N) is 1. The molecule has 1 amide bonds. The number of para-hydroxylation sites is 2. The van der Waals surface area contributed by atoms with Gasteiger partial charge >= 0.3 is 12.1 Å². The van der Waals surface area contributed by atoms with Crippen LogP contribution in [0.3, 0.4) is 0 Å². The summed E-state index contributed by atoms with van der Waals surface area (Å²) in [5, 5.41) is 13.5. The minimum absolute atomic E-state index is 0.191. The molecule has 6 aromatic rings. The van der Waals surface area contributed by atoms with Crippen LogP contribution in [0.25, 0.3) is 33.1 Å². The van der Waals surface area contributed by atoms with Gasteiger partial charge < -0.3 is 14.8 Å². The number of carbonyl (C=O) groups is 2. The molecule has 0 bridgehead atoms. The third kappa shape index (κ3) is 6.34. The third-order valence-corrected chi connectivity index (χ3v) is 8.99. The fourth-order valence-corrected chi connectivity index (χ4v) is 6.63. The van der Waals surface area contributed by atoms with E-state index in [0.29, 0.717) is 29.4 Å². The SMILES string of the molecule is O=C(NC(CSC(c1ccc(-c2ccccc2)cc1)c1cccc2c1oc1ccccc12)C(=O)O)c1cc(C(F)(F)F)ccc1F. The van der Waals surface area contributed by atoms with Crippen molar-refractivity contribution in [3.63, 3.8) is 0 Å². The molecule has 0 fully saturated rings. The van der Waals surface area contributed by atoms with Crippen LogP contribution < -0.4 is 5.32 Å². The molecular weight excluding hydrogens is 618 g/mol. The summed E-state index contributed by atoms with van der Waals surface area (Å²) in [5.41, 5.74) is 2.79. The number of hydrogen-bond acceptors (Lipinski definition) is 4. The molecule has 6 rings (SSSR count). The Bertz CT molecular complexity index is 2040. The summed E-state index contributed by atoms with van der Waals surface area (Å²) in [4.78, 5) is 25.2. The number of thioether (sulfide) groups is 1. The number of carbonyl (C=O) groups excluding carboxylic acids is 1. The van der Waals surface area contributed by atoms with Crippen LogP contribution in [0.15, 0.2) is 120 Å². The molecule has 10 heteroatoms. The van der Waals surface area contributed by atoms with Gasteiger partial charge in [0.1, 0.15) is 23.0 Å². The van der Waals surface area contributed by atoms with Gasteiger partial charge in [0.25, 0.3) is 5.91 Å². The summed E-state index contributed by atoms with van der Waals surface area (Å²) in [6, 6.07) is 30.8. The van der Waals surface area contributed by atoms with E-state index in [4.69, 9.17) is 4.42 Å². The lowest BCUT2D eigenvalue weighted by Gasteiger charge is -2.22. The number of hydrogen-bond donors (Lipinski definition) is 2. The van der Waals surface area contributed by atoms with Crippen molar-refractivity contribution in [2.24, 2.45) is 0 Å². The smallest absolute Gasteiger partial charge is 0.416 e. The molecule has 0 saturated heterocycles. The van der Waals surface area contributed by atoms with E-state index < -0.39 is 46.3 Å². The highest BCUT2D eigenvalue weighted by atomic mass is 32.2. The Morgan fingerprint density at radius 3 is 2.20 bits per heavy atom. The quantitative estimate of drug-likeness (QED) is 0.154. The average molecular weight is 644 g/mol. The van der Waals surface area contributed by atoms with E-state index in [0.717, 1.165) is 33.0 Å². The molecule has 5 nitrogen and oxygen atoms in total. The Kier molecular flexibility index (Phi) is 8.55. The molecule has 2 atom stereocenters. The Hall–Kier alpha value is -5.09. The molecule has 1 aromatic heterocycles. The Labute approximate surface area is 264 Å². The van der Waals surface area contributed by atoms with Gasteiger partial charge in [-0.15, -0.1) is 11.8 Å². The average Bonchev–Trinajstić information content (AvgIpc) is 3.44. The van der Waals surface area contributed by atoms with E-state index in [1.807, 2.05) is 97.1 Å². The largest absolute Gasteiger partial charge is 0.480 e. The van der Waals surface area contributed by atoms with Gasteiger partial charge in [-0.2, -0.15) is 13.2 Å². The van der Waals surface area contributed by atoms with E-state index in [1.165, 1.54) is 11.8 Å². The zero-order valence-corrected chi connectivity index (χ0v) is 24.7. The van der Waals surface area contributed by atoms with Crippen molar-refractivity contribution in [2.45, 2.75) is 17.5 Å². The second kappa shape index (κ2) is 12.7. The number of carboxylic acid groups (broad SMARTS) is 1. The van der Waals surface area contributed by atoms with E-state index in [1.54, 1.807) is 0 Å². The van der Waals surface area contributed by atoms with Crippen molar-refractivity contribution in [3.05, 3.63) is 143 Å². The number of benzene rings is 5. The van der Waals surface area contributed by atoms with E-state index in [2.05, 4.69) is 5.32 Å². The highest BCUT2D eigenvalue weighted by Crippen LogP contribution is 2.42. The van der Waals surface area contributed by atoms with Crippen LogP contribution in [0, 0.1) is 5.82 Å². The molecule has 0 aliphatic heterocycles. The van der Waals surface area contributed by atoms with Gasteiger partial charge in [-0.1, -0.05) is 91.0 Å². The van der Waals surface area contributed by atoms with Crippen molar-refractivity contribution in [3.8, 4) is 11.1 Å². The summed E-state index contributed by atoms with van der Waals surface area (Å²) in [6.07, 6.45) is -4.81. The van der Waals surface area contributed by atoms with Crippen molar-refractivity contribution >= 4 is 45.6 Å². The first-order valence-electron chi connectivity index (χ1n) is 14.2. The number of rotatable bonds is 9. The lowest BCUT2D eigenvalue weighted by Crippen LogP contribution is -2.43. The molecule has 2 unspecified atom stereocenters. The summed E-state index contributed by atoms with van der Waals surface area (Å²) in [7, 11) is 0. The maximum atomic E-state index is 14.4. The van der Waals surface area contributed by atoms with Crippen LogP contribution in [0.4, 0.5) is 17.6 Å². The first kappa shape index (κ1) is 30.9. The van der Waals surface area contributed by atoms with Gasteiger partial charge in [0.15, 0.2) is 0 Å². The van der Waals surface area contributed by atoms with Crippen molar-refractivity contribution in [1.82, 2.24) is 5.32 Å². The zero-order chi connectivity index (χ0) is 32.4. The van der Waals surface area contributed by atoms with E-state index in [9.17, 15) is 32.3 Å². The number of amides is 1. The molecule has 46 heavy (non-hydrogen) atoms. The van der Waals surface area contributed by atoms with Crippen molar-refractivity contribution in [1.29, 1.82) is 0 Å². The van der Waals surface area contributed by atoms with Crippen LogP contribution in [0.5, 0.6) is 0 Å². The molecular formula is C36H25F4NO4S. The van der Waals surface area contributed by atoms with E-state index >= 15 is 0 Å². The van der Waals surface area contributed by atoms with Crippen LogP contribution >= 0.6 is 11.8 Å². The normalized spacial score (nSPS) is 13.0. The molecule has 1 heterocycles. The van der Waals surface area contributed by atoms with Crippen LogP contribution in [0.2, 0.25) is 0 Å². The highest BCUT2D eigenvalue weighted by molar-refractivity contribution is 7.99. The van der Waals surface area contributed by atoms with Gasteiger partial charge in [0.05, 0.1) is 16.4 Å². The fourth-order valence-electron chi connectivity index (χ4n) is 5.30. The molecule has 0 aliphatic rings. The molecule has 232 valence electrons. The summed E-state index contributed by atoms with van der Waals surface area (Å²) in [6.45, 7) is 0. The second-order valence-corrected chi connectivity index (χ2v) is 11.7. The minimum Gasteiger partial charge on any atom is -0.480 e. The zero-order valence-electron chi connectivity index (χ0n) is 23.9. The maximum absolute atomic E-state index is 14.4. The first-order valence-corrected chi connectivity index (χ1v) is 15.2. The van der Waals surface area contributed by atoms with Crippen LogP contribution in [-0.2, 0) is 11.0 Å². The molecule has 0 radical (unpaired) electrons. The standard InChI is InChI=1S/C36H25F4NO4S/c37-29-18-17-24(36(38,39)40)19-28(29)34(42)41-30(35(43)44)20-46-33(23-15-13-22(14-16-23)21-7-2-1-3-8-21)27-11-6-10-26-25-9-4-5-12-31(25)45-32(26)27/h1-19,30,33H,20H2,(H,41,42)(H,43,44). The Morgan fingerprint density at radius 1 is 0.804 bits per heavy atom. The number of fused-ring (bicyclic) bond motifs is 3. The molecule has 2 N–H and O–H groups in total. The first-order chi connectivity index (χ1) is 22.1. The molecule has 5 aromatic carbocycles. The lowest BCUT2D eigenvalue weighted by atomic mass is 9.98. The Morgan fingerprint density at radius 2 is 1.48 bits per heavy atom. The van der Waals surface area contributed by atoms with Crippen LogP contribution in [0.1, 0.15) is 32.3 Å². The van der Waals surface area contributed by atoms with E-state index in [-0.39, 0.29) is 5.75 Å². The van der Waals surface area contributed by atoms with Gasteiger partial charge in [0, 0.05) is 22.1 Å². The second-order valence-electron chi connectivity index (χ2n) is 10.6. The predicted molar refractivity (Wildman–Crippen MR) is 170 cm³/mol. The number of alkyl halides is 3. The van der Waals surface area contributed by atoms with Gasteiger partial charge in [0.2, 0.25) is 0 Å². The minimum atomic E-state index is -4.81. The number of aliphatic carboxylic acids is 1. The maximum Gasteiger partial charge on any atom is 0.416 e.